The average molecular weight is 758 g/mol. The summed E-state index contributed by atoms with van der Waals surface area (Å²) in [6.45, 7) is 23.0. The van der Waals surface area contributed by atoms with E-state index in [2.05, 4.69) is 46.4 Å². The Bertz CT molecular complexity index is 1540. The second kappa shape index (κ2) is 12.8. The Kier molecular flexibility index (Phi) is 9.62. The van der Waals surface area contributed by atoms with Crippen molar-refractivity contribution >= 4 is 25.2 Å². The van der Waals surface area contributed by atoms with E-state index in [9.17, 15) is 19.3 Å². The molecule has 1 heterocycles. The van der Waals surface area contributed by atoms with Crippen LogP contribution in [0.5, 0.6) is 0 Å². The molecule has 0 aromatic rings. The quantitative estimate of drug-likeness (QED) is 0.194. The van der Waals surface area contributed by atoms with E-state index in [0.29, 0.717) is 54.0 Å². The van der Waals surface area contributed by atoms with Gasteiger partial charge < -0.3 is 19.3 Å². The number of carboxylic acid groups (broad SMARTS) is 1. The van der Waals surface area contributed by atoms with E-state index in [1.807, 2.05) is 0 Å². The van der Waals surface area contributed by atoms with Gasteiger partial charge in [0.25, 0.3) is 0 Å². The van der Waals surface area contributed by atoms with E-state index in [1.165, 1.54) is 38.5 Å². The van der Waals surface area contributed by atoms with E-state index in [1.54, 1.807) is 27.2 Å². The van der Waals surface area contributed by atoms with Crippen LogP contribution in [0.3, 0.4) is 0 Å². The third-order valence-corrected chi connectivity index (χ3v) is 19.1. The summed E-state index contributed by atoms with van der Waals surface area (Å²) in [5.74, 6) is 1.64. The van der Waals surface area contributed by atoms with E-state index < -0.39 is 24.7 Å². The fraction of sp³-hybridized carbons (Fsp3) is 0.932. The van der Waals surface area contributed by atoms with E-state index >= 15 is 4.79 Å². The van der Waals surface area contributed by atoms with Crippen LogP contribution < -0.4 is 0 Å². The second-order valence-corrected chi connectivity index (χ2v) is 24.9. The lowest BCUT2D eigenvalue weighted by Crippen LogP contribution is -2.67. The van der Waals surface area contributed by atoms with Crippen LogP contribution in [0.2, 0.25) is 0 Å². The van der Waals surface area contributed by atoms with Crippen molar-refractivity contribution in [3.05, 3.63) is 0 Å². The van der Waals surface area contributed by atoms with Gasteiger partial charge in [-0.3, -0.25) is 18.9 Å². The summed E-state index contributed by atoms with van der Waals surface area (Å²) in [4.78, 5) is 42.2. The first-order chi connectivity index (χ1) is 24.4. The van der Waals surface area contributed by atoms with Gasteiger partial charge in [0.2, 0.25) is 5.91 Å². The number of aliphatic carboxylic acids is 1. The van der Waals surface area contributed by atoms with Crippen LogP contribution in [0, 0.1) is 67.5 Å². The summed E-state index contributed by atoms with van der Waals surface area (Å²) in [5.41, 5.74) is -0.786. The number of carbonyl (C=O) groups excluding carboxylic acids is 2. The van der Waals surface area contributed by atoms with Crippen molar-refractivity contribution in [2.24, 2.45) is 67.5 Å². The standard InChI is InChI=1S/C44H72NO7P/c1-38(2,37(48)49)27-34(46)51-33-15-18-41(6)31(39(33,3)4)14-19-43(8)32(41)12-11-30-35-29(40(5)21-22-40)13-20-44(35,24-23-42(30,43)7)36(47)45-25-16-28(17-26-45)52-53(9,10)50/h28-33,35H,11-27H2,1-10H3,(H,48,49)/t29-,30-,31+,32-,33+,35-,41+,42-,43-,44+/m1/s1. The Morgan fingerprint density at radius 2 is 1.42 bits per heavy atom. The number of amides is 1. The number of hydrogen-bond acceptors (Lipinski definition) is 6. The maximum Gasteiger partial charge on any atom is 0.309 e. The zero-order valence-corrected chi connectivity index (χ0v) is 35.7. The number of fused-ring (bicyclic) bond motifs is 7. The third-order valence-electron chi connectivity index (χ3n) is 18.3. The number of hydrogen-bond donors (Lipinski definition) is 1. The molecule has 9 heteroatoms. The van der Waals surface area contributed by atoms with Crippen LogP contribution >= 0.6 is 7.37 Å². The number of likely N-dealkylation sites (tertiary alicyclic amines) is 1. The fourth-order valence-corrected chi connectivity index (χ4v) is 15.9. The van der Waals surface area contributed by atoms with Crippen LogP contribution in [-0.2, 0) is 28.2 Å². The molecule has 0 aromatic carbocycles. The highest BCUT2D eigenvalue weighted by Crippen LogP contribution is 2.79. The number of piperidine rings is 1. The van der Waals surface area contributed by atoms with Crippen molar-refractivity contribution < 1.29 is 33.3 Å². The monoisotopic (exact) mass is 758 g/mol. The van der Waals surface area contributed by atoms with Crippen molar-refractivity contribution in [2.75, 3.05) is 26.4 Å². The first-order valence-corrected chi connectivity index (χ1v) is 23.9. The number of carbonyl (C=O) groups is 3. The molecule has 1 amide bonds. The fourth-order valence-electron chi connectivity index (χ4n) is 15.0. The molecule has 1 saturated heterocycles. The molecule has 1 aliphatic heterocycles. The molecule has 300 valence electrons. The largest absolute Gasteiger partial charge is 0.481 e. The van der Waals surface area contributed by atoms with E-state index in [-0.39, 0.29) is 45.7 Å². The van der Waals surface area contributed by atoms with Gasteiger partial charge in [0, 0.05) is 31.8 Å². The molecule has 0 spiro atoms. The third kappa shape index (κ3) is 6.22. The SMILES string of the molecule is CC(C)(CC(=O)O[C@H]1CC[C@]2(C)[C@H]3CC[C@@H]4[C@H]5[C@H](C6(C)CC6)CC[C@]5(C(=O)N5CCC(OP(C)(C)=O)CC5)CC[C@@]4(C)[C@]3(C)CC[C@H]2C1(C)C)C(=O)O. The van der Waals surface area contributed by atoms with Gasteiger partial charge in [-0.05, 0) is 155 Å². The Morgan fingerprint density at radius 1 is 0.755 bits per heavy atom. The molecular weight excluding hydrogens is 685 g/mol. The molecule has 10 atom stereocenters. The van der Waals surface area contributed by atoms with E-state index in [4.69, 9.17) is 9.26 Å². The minimum atomic E-state index is -2.57. The minimum absolute atomic E-state index is 0.0209. The molecule has 6 aliphatic carbocycles. The summed E-state index contributed by atoms with van der Waals surface area (Å²) >= 11 is 0. The van der Waals surface area contributed by atoms with Gasteiger partial charge in [-0.25, -0.2) is 0 Å². The number of nitrogens with zero attached hydrogens (tertiary/aromatic N) is 1. The topological polar surface area (TPSA) is 110 Å². The number of ether oxygens (including phenoxy) is 1. The van der Waals surface area contributed by atoms with Crippen LogP contribution in [0.1, 0.15) is 152 Å². The first-order valence-electron chi connectivity index (χ1n) is 21.4. The lowest BCUT2D eigenvalue weighted by atomic mass is 9.32. The summed E-state index contributed by atoms with van der Waals surface area (Å²) in [7, 11) is -2.57. The average Bonchev–Trinajstić information content (AvgIpc) is 3.66. The summed E-state index contributed by atoms with van der Waals surface area (Å²) < 4.78 is 24.6. The van der Waals surface area contributed by atoms with Gasteiger partial charge in [0.05, 0.1) is 23.4 Å². The molecule has 0 bridgehead atoms. The highest BCUT2D eigenvalue weighted by atomic mass is 31.2. The molecule has 7 fully saturated rings. The Labute approximate surface area is 320 Å². The van der Waals surface area contributed by atoms with Crippen molar-refractivity contribution in [2.45, 2.75) is 164 Å². The van der Waals surface area contributed by atoms with Crippen LogP contribution in [0.25, 0.3) is 0 Å². The van der Waals surface area contributed by atoms with Gasteiger partial charge in [-0.15, -0.1) is 0 Å². The van der Waals surface area contributed by atoms with Crippen LogP contribution in [0.15, 0.2) is 0 Å². The normalized spacial score (nSPS) is 43.5. The predicted octanol–water partition coefficient (Wildman–Crippen LogP) is 9.83. The van der Waals surface area contributed by atoms with Gasteiger partial charge in [-0.2, -0.15) is 0 Å². The lowest BCUT2D eigenvalue weighted by Gasteiger charge is -2.73. The molecule has 7 rings (SSSR count). The zero-order chi connectivity index (χ0) is 38.8. The first kappa shape index (κ1) is 39.8. The smallest absolute Gasteiger partial charge is 0.309 e. The maximum atomic E-state index is 15.1. The molecular formula is C44H72NO7P. The molecule has 0 radical (unpaired) electrons. The summed E-state index contributed by atoms with van der Waals surface area (Å²) in [6, 6.07) is 0. The Balaban J connectivity index is 1.13. The molecule has 0 aromatic heterocycles. The molecule has 53 heavy (non-hydrogen) atoms. The van der Waals surface area contributed by atoms with Crippen molar-refractivity contribution in [3.63, 3.8) is 0 Å². The highest BCUT2D eigenvalue weighted by molar-refractivity contribution is 7.57. The maximum absolute atomic E-state index is 15.1. The zero-order valence-electron chi connectivity index (χ0n) is 34.9. The van der Waals surface area contributed by atoms with Gasteiger partial charge in [0.1, 0.15) is 6.10 Å². The minimum Gasteiger partial charge on any atom is -0.481 e. The van der Waals surface area contributed by atoms with E-state index in [0.717, 1.165) is 51.4 Å². The van der Waals surface area contributed by atoms with Crippen molar-refractivity contribution in [3.8, 4) is 0 Å². The lowest BCUT2D eigenvalue weighted by molar-refractivity contribution is -0.251. The molecule has 8 nitrogen and oxygen atoms in total. The van der Waals surface area contributed by atoms with Crippen LogP contribution in [-0.4, -0.2) is 66.5 Å². The van der Waals surface area contributed by atoms with Crippen LogP contribution in [0.4, 0.5) is 0 Å². The Hall–Kier alpha value is -1.40. The molecule has 0 unspecified atom stereocenters. The molecule has 6 saturated carbocycles. The van der Waals surface area contributed by atoms with Crippen molar-refractivity contribution in [1.29, 1.82) is 0 Å². The second-order valence-electron chi connectivity index (χ2n) is 22.2. The highest BCUT2D eigenvalue weighted by Gasteiger charge is 2.73. The summed E-state index contributed by atoms with van der Waals surface area (Å²) in [6.07, 6.45) is 14.7. The number of carboxylic acids is 1. The molecule has 7 aliphatic rings. The summed E-state index contributed by atoms with van der Waals surface area (Å²) in [5, 5.41) is 9.63. The van der Waals surface area contributed by atoms with Crippen molar-refractivity contribution in [1.82, 2.24) is 4.90 Å². The van der Waals surface area contributed by atoms with Gasteiger partial charge >= 0.3 is 11.9 Å². The number of rotatable bonds is 8. The van der Waals surface area contributed by atoms with Gasteiger partial charge in [-0.1, -0.05) is 41.5 Å². The molecule has 1 N–H and O–H groups in total. The number of esters is 1. The Morgan fingerprint density at radius 3 is 2.02 bits per heavy atom. The predicted molar refractivity (Wildman–Crippen MR) is 208 cm³/mol. The van der Waals surface area contributed by atoms with Gasteiger partial charge in [0.15, 0.2) is 7.37 Å².